The van der Waals surface area contributed by atoms with Gasteiger partial charge in [-0.05, 0) is 114 Å². The maximum atomic E-state index is 8.72. The number of rotatable bonds is 5. The predicted molar refractivity (Wildman–Crippen MR) is 219 cm³/mol. The van der Waals surface area contributed by atoms with Gasteiger partial charge in [0.15, 0.2) is 0 Å². The molecule has 0 amide bonds. The van der Waals surface area contributed by atoms with Crippen LogP contribution in [0, 0.1) is 16.7 Å². The van der Waals surface area contributed by atoms with E-state index in [0.717, 1.165) is 47.3 Å². The van der Waals surface area contributed by atoms with Crippen LogP contribution >= 0.6 is 0 Å². The molecule has 10 rings (SSSR count). The summed E-state index contributed by atoms with van der Waals surface area (Å²) >= 11 is 0. The number of hydrogen-bond donors (Lipinski definition) is 2. The summed E-state index contributed by atoms with van der Waals surface area (Å²) in [5.41, 5.74) is 13.1. The summed E-state index contributed by atoms with van der Waals surface area (Å²) in [6.45, 7) is 0. The van der Waals surface area contributed by atoms with Crippen molar-refractivity contribution >= 4 is 50.6 Å². The molecule has 53 heavy (non-hydrogen) atoms. The fraction of sp³-hybridized carbons (Fsp3) is 0.0833. The van der Waals surface area contributed by atoms with Crippen LogP contribution in [0.15, 0.2) is 169 Å². The Morgan fingerprint density at radius 3 is 2.15 bits per heavy atom. The molecule has 7 aromatic rings. The SMILES string of the molecule is N=C(OC(=N)c1ccc(-n2c3c(c4cc(-c5ccc6c(c5)c5ccccc5n6-c5ccccc5)ccc42)CCC=C3)cc1)C1=C2C=CC=CC2CC=C1. The molecule has 1 atom stereocenters. The predicted octanol–water partition coefficient (Wildman–Crippen LogP) is 11.7. The van der Waals surface area contributed by atoms with Gasteiger partial charge in [0.2, 0.25) is 11.8 Å². The summed E-state index contributed by atoms with van der Waals surface area (Å²) in [5, 5.41) is 21.2. The highest BCUT2D eigenvalue weighted by atomic mass is 16.5. The minimum atomic E-state index is -0.0340. The molecule has 5 nitrogen and oxygen atoms in total. The zero-order valence-electron chi connectivity index (χ0n) is 29.1. The molecule has 0 bridgehead atoms. The molecular formula is C48H36N4O. The lowest BCUT2D eigenvalue weighted by atomic mass is 9.84. The number of benzene rings is 5. The quantitative estimate of drug-likeness (QED) is 0.138. The number of hydrogen-bond acceptors (Lipinski definition) is 3. The summed E-state index contributed by atoms with van der Waals surface area (Å²) in [4.78, 5) is 0. The van der Waals surface area contributed by atoms with Crippen molar-refractivity contribution in [2.45, 2.75) is 19.3 Å². The van der Waals surface area contributed by atoms with E-state index in [1.165, 1.54) is 49.6 Å². The third kappa shape index (κ3) is 5.15. The number of ether oxygens (including phenoxy) is 1. The first-order chi connectivity index (χ1) is 26.1. The minimum absolute atomic E-state index is 0.00231. The zero-order valence-corrected chi connectivity index (χ0v) is 29.1. The molecule has 0 fully saturated rings. The molecule has 0 saturated heterocycles. The molecule has 2 aromatic heterocycles. The smallest absolute Gasteiger partial charge is 0.221 e. The van der Waals surface area contributed by atoms with Crippen LogP contribution in [0.5, 0.6) is 0 Å². The van der Waals surface area contributed by atoms with Gasteiger partial charge in [-0.1, -0.05) is 91.1 Å². The number of aryl methyl sites for hydroxylation is 1. The van der Waals surface area contributed by atoms with Crippen molar-refractivity contribution in [2.24, 2.45) is 5.92 Å². The van der Waals surface area contributed by atoms with Gasteiger partial charge in [-0.2, -0.15) is 0 Å². The second kappa shape index (κ2) is 12.5. The molecule has 0 aliphatic heterocycles. The van der Waals surface area contributed by atoms with E-state index in [1.54, 1.807) is 0 Å². The molecule has 2 N–H and O–H groups in total. The second-order valence-corrected chi connectivity index (χ2v) is 14.0. The highest BCUT2D eigenvalue weighted by Gasteiger charge is 2.23. The summed E-state index contributed by atoms with van der Waals surface area (Å²) in [6, 6.07) is 40.9. The highest BCUT2D eigenvalue weighted by molar-refractivity contribution is 6.11. The summed E-state index contributed by atoms with van der Waals surface area (Å²) in [6.07, 6.45) is 19.7. The molecular weight excluding hydrogens is 649 g/mol. The Labute approximate surface area is 307 Å². The van der Waals surface area contributed by atoms with Gasteiger partial charge in [0.25, 0.3) is 0 Å². The maximum Gasteiger partial charge on any atom is 0.221 e. The number of fused-ring (bicyclic) bond motifs is 7. The van der Waals surface area contributed by atoms with Gasteiger partial charge >= 0.3 is 0 Å². The van der Waals surface area contributed by atoms with Crippen molar-refractivity contribution in [3.63, 3.8) is 0 Å². The van der Waals surface area contributed by atoms with Crippen LogP contribution in [0.25, 0.3) is 61.3 Å². The Morgan fingerprint density at radius 2 is 1.32 bits per heavy atom. The fourth-order valence-electron chi connectivity index (χ4n) is 8.39. The van der Waals surface area contributed by atoms with Crippen LogP contribution < -0.4 is 0 Å². The van der Waals surface area contributed by atoms with Gasteiger partial charge < -0.3 is 13.9 Å². The van der Waals surface area contributed by atoms with Crippen molar-refractivity contribution in [1.82, 2.24) is 9.13 Å². The van der Waals surface area contributed by atoms with Crippen molar-refractivity contribution in [1.29, 1.82) is 10.8 Å². The number of allylic oxidation sites excluding steroid dienone is 7. The summed E-state index contributed by atoms with van der Waals surface area (Å²) < 4.78 is 10.5. The topological polar surface area (TPSA) is 66.8 Å². The van der Waals surface area contributed by atoms with Crippen molar-refractivity contribution in [3.05, 3.63) is 186 Å². The maximum absolute atomic E-state index is 8.72. The van der Waals surface area contributed by atoms with E-state index < -0.39 is 0 Å². The molecule has 254 valence electrons. The largest absolute Gasteiger partial charge is 0.421 e. The molecule has 5 aromatic carbocycles. The molecule has 0 spiro atoms. The summed E-state index contributed by atoms with van der Waals surface area (Å²) in [7, 11) is 0. The summed E-state index contributed by atoms with van der Waals surface area (Å²) in [5.74, 6) is 0.220. The first-order valence-corrected chi connectivity index (χ1v) is 18.3. The lowest BCUT2D eigenvalue weighted by Crippen LogP contribution is -2.18. The Bertz CT molecular complexity index is 2800. The van der Waals surface area contributed by atoms with E-state index in [9.17, 15) is 0 Å². The zero-order chi connectivity index (χ0) is 35.5. The third-order valence-corrected chi connectivity index (χ3v) is 10.9. The monoisotopic (exact) mass is 684 g/mol. The lowest BCUT2D eigenvalue weighted by Gasteiger charge is -2.22. The van der Waals surface area contributed by atoms with Crippen LogP contribution in [0.3, 0.4) is 0 Å². The normalized spacial score (nSPS) is 16.0. The molecule has 3 aliphatic carbocycles. The van der Waals surface area contributed by atoms with Crippen LogP contribution in [-0.4, -0.2) is 20.9 Å². The fourth-order valence-corrected chi connectivity index (χ4v) is 8.39. The average Bonchev–Trinajstić information content (AvgIpc) is 3.73. The number of para-hydroxylation sites is 2. The van der Waals surface area contributed by atoms with Gasteiger partial charge in [-0.3, -0.25) is 10.8 Å². The van der Waals surface area contributed by atoms with Crippen molar-refractivity contribution in [2.75, 3.05) is 0 Å². The van der Waals surface area contributed by atoms with Gasteiger partial charge in [0.1, 0.15) is 0 Å². The lowest BCUT2D eigenvalue weighted by molar-refractivity contribution is 0.536. The van der Waals surface area contributed by atoms with Gasteiger partial charge in [-0.15, -0.1) is 0 Å². The van der Waals surface area contributed by atoms with Crippen LogP contribution in [0.1, 0.15) is 29.7 Å². The molecule has 5 heteroatoms. The average molecular weight is 685 g/mol. The van der Waals surface area contributed by atoms with E-state index in [2.05, 4.69) is 137 Å². The van der Waals surface area contributed by atoms with Crippen molar-refractivity contribution < 1.29 is 4.74 Å². The Balaban J connectivity index is 0.992. The van der Waals surface area contributed by atoms with E-state index >= 15 is 0 Å². The van der Waals surface area contributed by atoms with Crippen molar-refractivity contribution in [3.8, 4) is 22.5 Å². The first-order valence-electron chi connectivity index (χ1n) is 18.3. The first kappa shape index (κ1) is 31.1. The molecule has 1 unspecified atom stereocenters. The highest BCUT2D eigenvalue weighted by Crippen LogP contribution is 2.39. The molecule has 2 heterocycles. The van der Waals surface area contributed by atoms with Gasteiger partial charge in [-0.25, -0.2) is 0 Å². The van der Waals surface area contributed by atoms with E-state index in [-0.39, 0.29) is 17.7 Å². The van der Waals surface area contributed by atoms with Crippen LogP contribution in [-0.2, 0) is 11.2 Å². The van der Waals surface area contributed by atoms with Crippen LogP contribution in [0.2, 0.25) is 0 Å². The molecule has 0 radical (unpaired) electrons. The Hall–Kier alpha value is -6.72. The van der Waals surface area contributed by atoms with E-state index in [4.69, 9.17) is 15.6 Å². The second-order valence-electron chi connectivity index (χ2n) is 14.0. The van der Waals surface area contributed by atoms with Crippen LogP contribution in [0.4, 0.5) is 0 Å². The standard InChI is InChI=1S/C48H36N4O/c49-47(53-48(50)40-18-10-12-31-11-4-5-15-37(31)40)32-21-25-36(26-22-32)52-44-20-9-7-17-39(44)42-30-34(24-28-46(42)52)33-23-27-45-41(29-33)38-16-6-8-19-43(38)51(45)35-13-2-1-3-14-35/h1-6,8-11,13-16,18-31,49-50H,7,12,17H2. The molecule has 3 aliphatic rings. The van der Waals surface area contributed by atoms with Gasteiger partial charge in [0.05, 0.1) is 16.6 Å². The van der Waals surface area contributed by atoms with E-state index in [1.807, 2.05) is 36.4 Å². The number of nitrogens with zero attached hydrogens (tertiary/aromatic N) is 2. The number of aromatic nitrogens is 2. The Kier molecular flexibility index (Phi) is 7.32. The number of nitrogens with one attached hydrogen (secondary N) is 2. The Morgan fingerprint density at radius 1 is 0.604 bits per heavy atom. The molecule has 0 saturated carbocycles. The van der Waals surface area contributed by atoms with Gasteiger partial charge in [0, 0.05) is 50.3 Å². The van der Waals surface area contributed by atoms with E-state index in [0.29, 0.717) is 5.56 Å². The minimum Gasteiger partial charge on any atom is -0.421 e. The third-order valence-electron chi connectivity index (χ3n) is 10.9.